The van der Waals surface area contributed by atoms with Crippen molar-refractivity contribution in [3.05, 3.63) is 68.7 Å². The number of fused-ring (bicyclic) bond motifs is 1. The van der Waals surface area contributed by atoms with E-state index >= 15 is 0 Å². The van der Waals surface area contributed by atoms with Gasteiger partial charge in [0.2, 0.25) is 5.91 Å². The van der Waals surface area contributed by atoms with E-state index in [-0.39, 0.29) is 35.7 Å². The number of para-hydroxylation sites is 1. The predicted molar refractivity (Wildman–Crippen MR) is 145 cm³/mol. The number of hydrogen-bond donors (Lipinski definition) is 2. The maximum Gasteiger partial charge on any atom is 0.343 e. The molecule has 1 aromatic carbocycles. The number of hydrogen-bond acceptors (Lipinski definition) is 8. The van der Waals surface area contributed by atoms with E-state index in [0.29, 0.717) is 21.0 Å². The summed E-state index contributed by atoms with van der Waals surface area (Å²) in [5.74, 6) is -1.31. The van der Waals surface area contributed by atoms with Gasteiger partial charge in [0, 0.05) is 12.7 Å². The van der Waals surface area contributed by atoms with Gasteiger partial charge in [-0.25, -0.2) is 9.78 Å². The molecule has 0 bridgehead atoms. The fourth-order valence-corrected chi connectivity index (χ4v) is 5.15. The van der Waals surface area contributed by atoms with Crippen molar-refractivity contribution >= 4 is 50.8 Å². The first-order valence-corrected chi connectivity index (χ1v) is 12.9. The molecule has 11 nitrogen and oxygen atoms in total. The molecule has 2 N–H and O–H groups in total. The van der Waals surface area contributed by atoms with Crippen molar-refractivity contribution in [1.82, 2.24) is 19.3 Å². The van der Waals surface area contributed by atoms with Gasteiger partial charge in [-0.2, -0.15) is 5.10 Å². The fraction of sp³-hybridized carbons (Fsp3) is 0.308. The Hall–Kier alpha value is -4.32. The molecule has 0 aliphatic heterocycles. The summed E-state index contributed by atoms with van der Waals surface area (Å²) in [6, 6.07) is 6.49. The third-order valence-corrected chi connectivity index (χ3v) is 7.37. The van der Waals surface area contributed by atoms with Crippen LogP contribution in [0.3, 0.4) is 0 Å². The third kappa shape index (κ3) is 4.94. The number of carbonyl (C=O) groups is 3. The van der Waals surface area contributed by atoms with Crippen LogP contribution in [0.4, 0.5) is 11.5 Å². The van der Waals surface area contributed by atoms with Crippen LogP contribution >= 0.6 is 11.3 Å². The van der Waals surface area contributed by atoms with E-state index in [4.69, 9.17) is 4.74 Å². The van der Waals surface area contributed by atoms with Crippen LogP contribution in [-0.4, -0.2) is 43.7 Å². The van der Waals surface area contributed by atoms with Gasteiger partial charge in [0.25, 0.3) is 11.5 Å². The van der Waals surface area contributed by atoms with E-state index in [2.05, 4.69) is 20.7 Å². The van der Waals surface area contributed by atoms with E-state index in [9.17, 15) is 19.2 Å². The number of ether oxygens (including phenoxy) is 1. The normalized spacial score (nSPS) is 11.8. The highest BCUT2D eigenvalue weighted by molar-refractivity contribution is 7.20. The van der Waals surface area contributed by atoms with Crippen LogP contribution < -0.4 is 16.2 Å². The number of nitrogens with one attached hydrogen (secondary N) is 2. The minimum atomic E-state index is -0.923. The molecule has 1 unspecified atom stereocenters. The molecule has 2 amide bonds. The molecule has 198 valence electrons. The van der Waals surface area contributed by atoms with Gasteiger partial charge in [-0.3, -0.25) is 23.6 Å². The number of thiophene rings is 1. The molecule has 3 heterocycles. The highest BCUT2D eigenvalue weighted by Gasteiger charge is 2.27. The molecule has 4 aromatic rings. The van der Waals surface area contributed by atoms with Gasteiger partial charge < -0.3 is 15.4 Å². The molecular weight excluding hydrogens is 508 g/mol. The van der Waals surface area contributed by atoms with Crippen LogP contribution in [0.1, 0.15) is 57.5 Å². The molecule has 0 radical (unpaired) electrons. The van der Waals surface area contributed by atoms with Crippen molar-refractivity contribution in [3.8, 4) is 0 Å². The van der Waals surface area contributed by atoms with Crippen molar-refractivity contribution in [2.24, 2.45) is 7.05 Å². The van der Waals surface area contributed by atoms with E-state index in [1.165, 1.54) is 21.8 Å². The number of rotatable bonds is 8. The lowest BCUT2D eigenvalue weighted by molar-refractivity contribution is -0.119. The number of anilines is 2. The van der Waals surface area contributed by atoms with Gasteiger partial charge in [-0.15, -0.1) is 11.3 Å². The number of amides is 2. The second-order valence-electron chi connectivity index (χ2n) is 8.63. The van der Waals surface area contributed by atoms with Crippen LogP contribution in [0, 0.1) is 13.8 Å². The molecule has 0 aliphatic rings. The summed E-state index contributed by atoms with van der Waals surface area (Å²) in [5, 5.41) is 9.92. The van der Waals surface area contributed by atoms with E-state index in [1.807, 2.05) is 25.1 Å². The third-order valence-electron chi connectivity index (χ3n) is 6.18. The summed E-state index contributed by atoms with van der Waals surface area (Å²) < 4.78 is 7.64. The molecule has 38 heavy (non-hydrogen) atoms. The summed E-state index contributed by atoms with van der Waals surface area (Å²) in [4.78, 5) is 57.4. The zero-order valence-electron chi connectivity index (χ0n) is 21.7. The van der Waals surface area contributed by atoms with Crippen LogP contribution in [0.5, 0.6) is 0 Å². The number of aryl methyl sites for hydroxylation is 3. The van der Waals surface area contributed by atoms with Crippen LogP contribution in [0.15, 0.2) is 41.6 Å². The molecule has 0 saturated heterocycles. The Bertz CT molecular complexity index is 1600. The first-order valence-electron chi connectivity index (χ1n) is 12.0. The topological polar surface area (TPSA) is 137 Å². The zero-order valence-corrected chi connectivity index (χ0v) is 22.5. The van der Waals surface area contributed by atoms with E-state index in [1.54, 1.807) is 33.9 Å². The number of benzene rings is 1. The largest absolute Gasteiger partial charge is 0.462 e. The fourth-order valence-electron chi connectivity index (χ4n) is 4.12. The molecule has 0 spiro atoms. The average Bonchev–Trinajstić information content (AvgIpc) is 3.42. The van der Waals surface area contributed by atoms with Gasteiger partial charge in [-0.1, -0.05) is 25.1 Å². The van der Waals surface area contributed by atoms with Gasteiger partial charge in [0.05, 0.1) is 29.4 Å². The minimum absolute atomic E-state index is 0.108. The van der Waals surface area contributed by atoms with E-state index < -0.39 is 23.5 Å². The van der Waals surface area contributed by atoms with Gasteiger partial charge in [0.15, 0.2) is 0 Å². The van der Waals surface area contributed by atoms with Gasteiger partial charge in [0.1, 0.15) is 22.3 Å². The van der Waals surface area contributed by atoms with Crippen molar-refractivity contribution in [1.29, 1.82) is 0 Å². The number of esters is 1. The molecule has 0 fully saturated rings. The second kappa shape index (κ2) is 11.0. The van der Waals surface area contributed by atoms with Crippen molar-refractivity contribution in [2.45, 2.75) is 40.2 Å². The highest BCUT2D eigenvalue weighted by Crippen LogP contribution is 2.29. The molecule has 4 rings (SSSR count). The van der Waals surface area contributed by atoms with Crippen molar-refractivity contribution in [3.63, 3.8) is 0 Å². The van der Waals surface area contributed by atoms with Gasteiger partial charge >= 0.3 is 5.97 Å². The lowest BCUT2D eigenvalue weighted by Crippen LogP contribution is -2.34. The Balaban J connectivity index is 1.66. The Morgan fingerprint density at radius 1 is 1.13 bits per heavy atom. The summed E-state index contributed by atoms with van der Waals surface area (Å²) in [6.45, 7) is 7.20. The Kier molecular flexibility index (Phi) is 7.72. The second-order valence-corrected chi connectivity index (χ2v) is 9.63. The Labute approximate surface area is 222 Å². The van der Waals surface area contributed by atoms with Crippen molar-refractivity contribution < 1.29 is 19.1 Å². The monoisotopic (exact) mass is 536 g/mol. The minimum Gasteiger partial charge on any atom is -0.462 e. The summed E-state index contributed by atoms with van der Waals surface area (Å²) >= 11 is 1.12. The first kappa shape index (κ1) is 26.7. The molecule has 1 atom stereocenters. The van der Waals surface area contributed by atoms with Crippen LogP contribution in [-0.2, 0) is 16.6 Å². The van der Waals surface area contributed by atoms with Gasteiger partial charge in [-0.05, 0) is 44.4 Å². The quantitative estimate of drug-likeness (QED) is 0.327. The number of aromatic nitrogens is 4. The molecule has 0 aliphatic carbocycles. The SMILES string of the molecule is CCOC(=O)c1cnn(C)c1NC(=O)C(CC)n1cnc2sc(C(=O)Nc3ccccc3C)c(C)c2c1=O. The highest BCUT2D eigenvalue weighted by atomic mass is 32.1. The Morgan fingerprint density at radius 3 is 2.55 bits per heavy atom. The molecular formula is C26H28N6O5S. The number of nitrogens with zero attached hydrogens (tertiary/aromatic N) is 4. The molecule has 3 aromatic heterocycles. The smallest absolute Gasteiger partial charge is 0.343 e. The lowest BCUT2D eigenvalue weighted by Gasteiger charge is -2.18. The lowest BCUT2D eigenvalue weighted by atomic mass is 10.1. The maximum absolute atomic E-state index is 13.6. The summed E-state index contributed by atoms with van der Waals surface area (Å²) in [5.41, 5.74) is 1.76. The summed E-state index contributed by atoms with van der Waals surface area (Å²) in [7, 11) is 1.58. The zero-order chi connectivity index (χ0) is 27.6. The standard InChI is InChI=1S/C26H28N6O5S/c1-6-18(22(33)30-21-16(12-28-31(21)5)26(36)37-7-2)32-13-27-24-19(25(32)35)15(4)20(38-24)23(34)29-17-11-9-8-10-14(17)3/h8-13,18H,6-7H2,1-5H3,(H,29,34)(H,30,33). The molecule has 0 saturated carbocycles. The Morgan fingerprint density at radius 2 is 1.87 bits per heavy atom. The first-order chi connectivity index (χ1) is 18.2. The van der Waals surface area contributed by atoms with Crippen LogP contribution in [0.25, 0.3) is 10.2 Å². The van der Waals surface area contributed by atoms with Crippen LogP contribution in [0.2, 0.25) is 0 Å². The summed E-state index contributed by atoms with van der Waals surface area (Å²) in [6.07, 6.45) is 2.90. The maximum atomic E-state index is 13.6. The van der Waals surface area contributed by atoms with E-state index in [0.717, 1.165) is 16.9 Å². The van der Waals surface area contributed by atoms with Crippen molar-refractivity contribution in [2.75, 3.05) is 17.2 Å². The predicted octanol–water partition coefficient (Wildman–Crippen LogP) is 3.83. The molecule has 12 heteroatoms. The average molecular weight is 537 g/mol. The number of carbonyl (C=O) groups excluding carboxylic acids is 3.